The van der Waals surface area contributed by atoms with Gasteiger partial charge in [-0.15, -0.1) is 0 Å². The minimum Gasteiger partial charge on any atom is -0.493 e. The summed E-state index contributed by atoms with van der Waals surface area (Å²) in [6.45, 7) is 2.08. The molecule has 0 radical (unpaired) electrons. The second-order valence-electron chi connectivity index (χ2n) is 6.29. The van der Waals surface area contributed by atoms with Crippen LogP contribution in [-0.4, -0.2) is 60.7 Å². The van der Waals surface area contributed by atoms with Gasteiger partial charge in [0, 0.05) is 19.6 Å². The van der Waals surface area contributed by atoms with Crippen molar-refractivity contribution in [3.8, 4) is 17.2 Å². The van der Waals surface area contributed by atoms with Gasteiger partial charge in [-0.05, 0) is 29.8 Å². The lowest BCUT2D eigenvalue weighted by molar-refractivity contribution is 0.0737. The van der Waals surface area contributed by atoms with Crippen molar-refractivity contribution in [2.75, 3.05) is 33.4 Å². The van der Waals surface area contributed by atoms with Gasteiger partial charge in [0.2, 0.25) is 0 Å². The summed E-state index contributed by atoms with van der Waals surface area (Å²) in [5.41, 5.74) is 1.06. The van der Waals surface area contributed by atoms with E-state index in [2.05, 4.69) is 4.90 Å². The molecule has 0 aromatic heterocycles. The molecule has 26 heavy (non-hydrogen) atoms. The Labute approximate surface area is 153 Å². The van der Waals surface area contributed by atoms with Crippen LogP contribution in [0.15, 0.2) is 48.5 Å². The molecule has 140 valence electrons. The predicted molar refractivity (Wildman–Crippen MR) is 97.7 cm³/mol. The maximum atomic E-state index is 10.3. The van der Waals surface area contributed by atoms with Crippen LogP contribution in [0.25, 0.3) is 0 Å². The Morgan fingerprint density at radius 3 is 2.62 bits per heavy atom. The molecule has 6 nitrogen and oxygen atoms in total. The van der Waals surface area contributed by atoms with E-state index in [4.69, 9.17) is 19.3 Å². The normalized spacial score (nSPS) is 20.1. The Morgan fingerprint density at radius 2 is 1.88 bits per heavy atom. The van der Waals surface area contributed by atoms with Gasteiger partial charge in [-0.25, -0.2) is 0 Å². The highest BCUT2D eigenvalue weighted by molar-refractivity contribution is 5.43. The van der Waals surface area contributed by atoms with Crippen molar-refractivity contribution in [3.05, 3.63) is 54.1 Å². The number of nitrogens with zero attached hydrogens (tertiary/aromatic N) is 1. The van der Waals surface area contributed by atoms with Crippen LogP contribution in [0, 0.1) is 0 Å². The van der Waals surface area contributed by atoms with Gasteiger partial charge in [0.05, 0.1) is 13.7 Å². The number of methoxy groups -OCH3 is 1. The van der Waals surface area contributed by atoms with Gasteiger partial charge in [0.1, 0.15) is 24.6 Å². The molecule has 1 aliphatic heterocycles. The smallest absolute Gasteiger partial charge is 0.161 e. The summed E-state index contributed by atoms with van der Waals surface area (Å²) in [5.74, 6) is 2.01. The van der Waals surface area contributed by atoms with E-state index in [0.29, 0.717) is 31.1 Å². The van der Waals surface area contributed by atoms with Gasteiger partial charge >= 0.3 is 0 Å². The molecule has 2 aromatic rings. The zero-order chi connectivity index (χ0) is 18.4. The fourth-order valence-corrected chi connectivity index (χ4v) is 3.09. The molecule has 2 atom stereocenters. The zero-order valence-electron chi connectivity index (χ0n) is 14.9. The number of hydrogen-bond acceptors (Lipinski definition) is 6. The van der Waals surface area contributed by atoms with Crippen LogP contribution in [0.5, 0.6) is 17.2 Å². The Hall–Kier alpha value is -2.28. The summed E-state index contributed by atoms with van der Waals surface area (Å²) in [4.78, 5) is 2.15. The number of ether oxygens (including phenoxy) is 3. The fourth-order valence-electron chi connectivity index (χ4n) is 3.09. The van der Waals surface area contributed by atoms with Crippen molar-refractivity contribution in [2.45, 2.75) is 18.8 Å². The molecular weight excluding hydrogens is 334 g/mol. The molecule has 2 aromatic carbocycles. The lowest BCUT2D eigenvalue weighted by Gasteiger charge is -2.18. The molecule has 1 aliphatic rings. The molecule has 1 heterocycles. The van der Waals surface area contributed by atoms with Gasteiger partial charge in [-0.1, -0.05) is 24.3 Å². The number of likely N-dealkylation sites (tertiary alicyclic amines) is 1. The lowest BCUT2D eigenvalue weighted by Crippen LogP contribution is -2.29. The first-order valence-corrected chi connectivity index (χ1v) is 8.72. The number of β-amino-alcohol motifs (C(OH)–C–C–N with tert-alkyl or cyclic N) is 1. The molecule has 0 aliphatic carbocycles. The molecule has 1 saturated heterocycles. The first-order chi connectivity index (χ1) is 12.7. The minimum absolute atomic E-state index is 0.0423. The minimum atomic E-state index is -0.524. The van der Waals surface area contributed by atoms with Crippen LogP contribution in [0.3, 0.4) is 0 Å². The second-order valence-corrected chi connectivity index (χ2v) is 6.29. The maximum absolute atomic E-state index is 10.3. The number of para-hydroxylation sites is 1. The molecule has 0 spiro atoms. The SMILES string of the molecule is COc1cc(CN2C[C@H](Oc3ccccc3)[C@@H](O)C2)ccc1OCCO. The van der Waals surface area contributed by atoms with Crippen LogP contribution in [-0.2, 0) is 6.54 Å². The fraction of sp³-hybridized carbons (Fsp3) is 0.400. The van der Waals surface area contributed by atoms with E-state index >= 15 is 0 Å². The number of aliphatic hydroxyl groups is 2. The van der Waals surface area contributed by atoms with Crippen LogP contribution >= 0.6 is 0 Å². The Morgan fingerprint density at radius 1 is 1.08 bits per heavy atom. The molecule has 6 heteroatoms. The van der Waals surface area contributed by atoms with Crippen LogP contribution in [0.2, 0.25) is 0 Å². The summed E-state index contributed by atoms with van der Waals surface area (Å²) in [6, 6.07) is 15.3. The highest BCUT2D eigenvalue weighted by atomic mass is 16.5. The third-order valence-corrected chi connectivity index (χ3v) is 4.33. The van der Waals surface area contributed by atoms with Gasteiger partial charge in [0.15, 0.2) is 11.5 Å². The van der Waals surface area contributed by atoms with Crippen molar-refractivity contribution in [2.24, 2.45) is 0 Å². The standard InChI is InChI=1S/C20H25NO5/c1-24-19-11-15(7-8-18(19)25-10-9-22)12-21-13-17(23)20(14-21)26-16-5-3-2-4-6-16/h2-8,11,17,20,22-23H,9-10,12-14H2,1H3/t17-,20-/m0/s1. The quantitative estimate of drug-likeness (QED) is 0.747. The predicted octanol–water partition coefficient (Wildman–Crippen LogP) is 1.69. The van der Waals surface area contributed by atoms with Crippen molar-refractivity contribution >= 4 is 0 Å². The van der Waals surface area contributed by atoms with Crippen LogP contribution in [0.4, 0.5) is 0 Å². The summed E-state index contributed by atoms with van der Waals surface area (Å²) >= 11 is 0. The van der Waals surface area contributed by atoms with Crippen molar-refractivity contribution < 1.29 is 24.4 Å². The monoisotopic (exact) mass is 359 g/mol. The van der Waals surface area contributed by atoms with E-state index in [9.17, 15) is 5.11 Å². The lowest BCUT2D eigenvalue weighted by atomic mass is 10.2. The van der Waals surface area contributed by atoms with Crippen molar-refractivity contribution in [1.82, 2.24) is 4.90 Å². The van der Waals surface area contributed by atoms with E-state index in [0.717, 1.165) is 11.3 Å². The molecular formula is C20H25NO5. The van der Waals surface area contributed by atoms with E-state index in [1.54, 1.807) is 7.11 Å². The van der Waals surface area contributed by atoms with Gasteiger partial charge in [-0.2, -0.15) is 0 Å². The largest absolute Gasteiger partial charge is 0.493 e. The topological polar surface area (TPSA) is 71.4 Å². The van der Waals surface area contributed by atoms with Gasteiger partial charge in [0.25, 0.3) is 0 Å². The van der Waals surface area contributed by atoms with Crippen molar-refractivity contribution in [3.63, 3.8) is 0 Å². The summed E-state index contributed by atoms with van der Waals surface area (Å²) < 4.78 is 16.7. The number of rotatable bonds is 8. The highest BCUT2D eigenvalue weighted by Crippen LogP contribution is 2.29. The Kier molecular flexibility index (Phi) is 6.33. The van der Waals surface area contributed by atoms with Crippen LogP contribution < -0.4 is 14.2 Å². The number of benzene rings is 2. The Balaban J connectivity index is 1.60. The molecule has 0 bridgehead atoms. The zero-order valence-corrected chi connectivity index (χ0v) is 14.9. The van der Waals surface area contributed by atoms with Crippen LogP contribution in [0.1, 0.15) is 5.56 Å². The van der Waals surface area contributed by atoms with E-state index < -0.39 is 6.10 Å². The first kappa shape index (κ1) is 18.5. The molecule has 2 N–H and O–H groups in total. The van der Waals surface area contributed by atoms with E-state index in [-0.39, 0.29) is 19.3 Å². The Bertz CT molecular complexity index is 694. The highest BCUT2D eigenvalue weighted by Gasteiger charge is 2.33. The summed E-state index contributed by atoms with van der Waals surface area (Å²) in [5, 5.41) is 19.2. The van der Waals surface area contributed by atoms with E-state index in [1.165, 1.54) is 0 Å². The summed E-state index contributed by atoms with van der Waals surface area (Å²) in [6.07, 6.45) is -0.768. The summed E-state index contributed by atoms with van der Waals surface area (Å²) in [7, 11) is 1.59. The van der Waals surface area contributed by atoms with Gasteiger partial charge < -0.3 is 24.4 Å². The molecule has 0 unspecified atom stereocenters. The van der Waals surface area contributed by atoms with Gasteiger partial charge in [-0.3, -0.25) is 4.90 Å². The molecule has 0 amide bonds. The third kappa shape index (κ3) is 4.66. The average Bonchev–Trinajstić information content (AvgIpc) is 3.00. The average molecular weight is 359 g/mol. The first-order valence-electron chi connectivity index (χ1n) is 8.72. The molecule has 1 fully saturated rings. The van der Waals surface area contributed by atoms with Crippen molar-refractivity contribution in [1.29, 1.82) is 0 Å². The van der Waals surface area contributed by atoms with E-state index in [1.807, 2.05) is 48.5 Å². The third-order valence-electron chi connectivity index (χ3n) is 4.33. The number of hydrogen-bond donors (Lipinski definition) is 2. The second kappa shape index (κ2) is 8.89. The number of aliphatic hydroxyl groups excluding tert-OH is 2. The molecule has 3 rings (SSSR count). The molecule has 0 saturated carbocycles. The maximum Gasteiger partial charge on any atom is 0.161 e.